The minimum Gasteiger partial charge on any atom is -0.310 e. The molecule has 0 spiro atoms. The summed E-state index contributed by atoms with van der Waals surface area (Å²) in [6, 6.07) is 10.6. The first kappa shape index (κ1) is 14.5. The minimum absolute atomic E-state index is 0.0538. The second-order valence-corrected chi connectivity index (χ2v) is 6.40. The average Bonchev–Trinajstić information content (AvgIpc) is 2.39. The number of sulfone groups is 1. The van der Waals surface area contributed by atoms with E-state index in [1.807, 2.05) is 0 Å². The first-order chi connectivity index (χ1) is 9.47. The molecule has 1 aromatic carbocycles. The number of benzene rings is 1. The van der Waals surface area contributed by atoms with E-state index >= 15 is 0 Å². The lowest BCUT2D eigenvalue weighted by atomic mass is 10.4. The largest absolute Gasteiger partial charge is 0.310 e. The van der Waals surface area contributed by atoms with Gasteiger partial charge in [-0.1, -0.05) is 17.7 Å². The SMILES string of the molecule is O=C(CS(=O)(=O)c1ccc(Cl)cc1)Nc1ccccn1. The van der Waals surface area contributed by atoms with E-state index in [1.165, 1.54) is 30.5 Å². The minimum atomic E-state index is -3.69. The van der Waals surface area contributed by atoms with Crippen LogP contribution < -0.4 is 5.32 Å². The molecule has 1 amide bonds. The zero-order valence-electron chi connectivity index (χ0n) is 10.3. The lowest BCUT2D eigenvalue weighted by Gasteiger charge is -2.05. The van der Waals surface area contributed by atoms with Crippen LogP contribution in [-0.2, 0) is 14.6 Å². The molecule has 7 heteroatoms. The smallest absolute Gasteiger partial charge is 0.241 e. The molecule has 0 atom stereocenters. The summed E-state index contributed by atoms with van der Waals surface area (Å²) in [7, 11) is -3.69. The number of carbonyl (C=O) groups is 1. The van der Waals surface area contributed by atoms with Crippen molar-refractivity contribution in [2.45, 2.75) is 4.90 Å². The quantitative estimate of drug-likeness (QED) is 0.938. The molecule has 1 aromatic heterocycles. The predicted octanol–water partition coefficient (Wildman–Crippen LogP) is 2.15. The van der Waals surface area contributed by atoms with Crippen molar-refractivity contribution in [2.24, 2.45) is 0 Å². The lowest BCUT2D eigenvalue weighted by molar-refractivity contribution is -0.113. The molecule has 0 aliphatic heterocycles. The van der Waals surface area contributed by atoms with Gasteiger partial charge in [-0.2, -0.15) is 0 Å². The van der Waals surface area contributed by atoms with E-state index in [0.717, 1.165) is 0 Å². The van der Waals surface area contributed by atoms with Crippen LogP contribution in [0.5, 0.6) is 0 Å². The van der Waals surface area contributed by atoms with Crippen molar-refractivity contribution in [3.8, 4) is 0 Å². The van der Waals surface area contributed by atoms with Gasteiger partial charge in [-0.05, 0) is 36.4 Å². The zero-order valence-corrected chi connectivity index (χ0v) is 11.9. The first-order valence-corrected chi connectivity index (χ1v) is 7.69. The third-order valence-electron chi connectivity index (χ3n) is 2.43. The van der Waals surface area contributed by atoms with E-state index < -0.39 is 21.5 Å². The van der Waals surface area contributed by atoms with Crippen molar-refractivity contribution in [1.29, 1.82) is 0 Å². The molecule has 20 heavy (non-hydrogen) atoms. The Bertz CT molecular complexity index is 700. The van der Waals surface area contributed by atoms with E-state index in [0.29, 0.717) is 10.8 Å². The van der Waals surface area contributed by atoms with Crippen molar-refractivity contribution in [3.63, 3.8) is 0 Å². The Labute approximate surface area is 121 Å². The maximum atomic E-state index is 12.0. The number of pyridine rings is 1. The van der Waals surface area contributed by atoms with Crippen molar-refractivity contribution in [1.82, 2.24) is 4.98 Å². The molecule has 0 fully saturated rings. The molecular formula is C13H11ClN2O3S. The highest BCUT2D eigenvalue weighted by atomic mass is 35.5. The van der Waals surface area contributed by atoms with Gasteiger partial charge < -0.3 is 5.32 Å². The number of nitrogens with one attached hydrogen (secondary N) is 1. The summed E-state index contributed by atoms with van der Waals surface area (Å²) in [5, 5.41) is 2.86. The Hall–Kier alpha value is -1.92. The van der Waals surface area contributed by atoms with Crippen molar-refractivity contribution >= 4 is 33.2 Å². The topological polar surface area (TPSA) is 76.1 Å². The number of anilines is 1. The fourth-order valence-corrected chi connectivity index (χ4v) is 2.77. The second kappa shape index (κ2) is 6.02. The number of hydrogen-bond acceptors (Lipinski definition) is 4. The van der Waals surface area contributed by atoms with Crippen molar-refractivity contribution in [2.75, 3.05) is 11.1 Å². The number of carbonyl (C=O) groups excluding carboxylic acids is 1. The number of rotatable bonds is 4. The maximum absolute atomic E-state index is 12.0. The highest BCUT2D eigenvalue weighted by Crippen LogP contribution is 2.15. The molecule has 0 aliphatic rings. The highest BCUT2D eigenvalue weighted by Gasteiger charge is 2.19. The Kier molecular flexibility index (Phi) is 4.36. The molecule has 0 aliphatic carbocycles. The number of amides is 1. The molecule has 0 saturated heterocycles. The summed E-state index contributed by atoms with van der Waals surface area (Å²) in [5.74, 6) is -0.979. The van der Waals surface area contributed by atoms with Crippen LogP contribution in [0.25, 0.3) is 0 Å². The maximum Gasteiger partial charge on any atom is 0.241 e. The molecule has 0 unspecified atom stereocenters. The monoisotopic (exact) mass is 310 g/mol. The fourth-order valence-electron chi connectivity index (χ4n) is 1.51. The Morgan fingerprint density at radius 2 is 1.85 bits per heavy atom. The van der Waals surface area contributed by atoms with Crippen LogP contribution in [0.2, 0.25) is 5.02 Å². The second-order valence-electron chi connectivity index (χ2n) is 3.98. The van der Waals surface area contributed by atoms with Gasteiger partial charge in [-0.15, -0.1) is 0 Å². The molecular weight excluding hydrogens is 300 g/mol. The summed E-state index contributed by atoms with van der Waals surface area (Å²) in [4.78, 5) is 15.7. The van der Waals surface area contributed by atoms with Gasteiger partial charge in [0, 0.05) is 11.2 Å². The van der Waals surface area contributed by atoms with E-state index in [1.54, 1.807) is 18.2 Å². The van der Waals surface area contributed by atoms with Crippen LogP contribution in [0, 0.1) is 0 Å². The standard InChI is InChI=1S/C13H11ClN2O3S/c14-10-4-6-11(7-5-10)20(18,19)9-13(17)16-12-3-1-2-8-15-12/h1-8H,9H2,(H,15,16,17). The Balaban J connectivity index is 2.08. The molecule has 5 nitrogen and oxygen atoms in total. The van der Waals surface area contributed by atoms with Gasteiger partial charge in [0.25, 0.3) is 0 Å². The third-order valence-corrected chi connectivity index (χ3v) is 4.31. The number of hydrogen-bond donors (Lipinski definition) is 1. The highest BCUT2D eigenvalue weighted by molar-refractivity contribution is 7.92. The molecule has 104 valence electrons. The van der Waals surface area contributed by atoms with E-state index in [-0.39, 0.29) is 4.90 Å². The van der Waals surface area contributed by atoms with Gasteiger partial charge >= 0.3 is 0 Å². The van der Waals surface area contributed by atoms with Crippen LogP contribution >= 0.6 is 11.6 Å². The predicted molar refractivity (Wildman–Crippen MR) is 76.4 cm³/mol. The molecule has 2 aromatic rings. The summed E-state index contributed by atoms with van der Waals surface area (Å²) < 4.78 is 24.0. The van der Waals surface area contributed by atoms with Crippen molar-refractivity contribution < 1.29 is 13.2 Å². The van der Waals surface area contributed by atoms with Crippen LogP contribution in [-0.4, -0.2) is 25.1 Å². The molecule has 1 heterocycles. The molecule has 1 N–H and O–H groups in total. The third kappa shape index (κ3) is 3.79. The number of aromatic nitrogens is 1. The van der Waals surface area contributed by atoms with Gasteiger partial charge in [-0.3, -0.25) is 4.79 Å². The molecule has 0 bridgehead atoms. The van der Waals surface area contributed by atoms with Crippen molar-refractivity contribution in [3.05, 3.63) is 53.7 Å². The molecule has 0 saturated carbocycles. The molecule has 0 radical (unpaired) electrons. The van der Waals surface area contributed by atoms with Gasteiger partial charge in [0.15, 0.2) is 9.84 Å². The van der Waals surface area contributed by atoms with E-state index in [4.69, 9.17) is 11.6 Å². The van der Waals surface area contributed by atoms with Gasteiger partial charge in [0.05, 0.1) is 4.90 Å². The molecule has 2 rings (SSSR count). The fraction of sp³-hybridized carbons (Fsp3) is 0.0769. The van der Waals surface area contributed by atoms with Gasteiger partial charge in [0.1, 0.15) is 11.6 Å². The lowest BCUT2D eigenvalue weighted by Crippen LogP contribution is -2.23. The van der Waals surface area contributed by atoms with E-state index in [2.05, 4.69) is 10.3 Å². The number of nitrogens with zero attached hydrogens (tertiary/aromatic N) is 1. The average molecular weight is 311 g/mol. The Morgan fingerprint density at radius 1 is 1.15 bits per heavy atom. The van der Waals surface area contributed by atoms with Crippen LogP contribution in [0.3, 0.4) is 0 Å². The van der Waals surface area contributed by atoms with Gasteiger partial charge in [-0.25, -0.2) is 13.4 Å². The van der Waals surface area contributed by atoms with Gasteiger partial charge in [0.2, 0.25) is 5.91 Å². The van der Waals surface area contributed by atoms with Crippen LogP contribution in [0.4, 0.5) is 5.82 Å². The normalized spacial score (nSPS) is 11.1. The summed E-state index contributed by atoms with van der Waals surface area (Å²) in [5.41, 5.74) is 0. The van der Waals surface area contributed by atoms with Crippen LogP contribution in [0.1, 0.15) is 0 Å². The first-order valence-electron chi connectivity index (χ1n) is 5.66. The Morgan fingerprint density at radius 3 is 2.45 bits per heavy atom. The summed E-state index contributed by atoms with van der Waals surface area (Å²) >= 11 is 5.69. The van der Waals surface area contributed by atoms with Crippen LogP contribution in [0.15, 0.2) is 53.6 Å². The zero-order chi connectivity index (χ0) is 14.6. The summed E-state index contributed by atoms with van der Waals surface area (Å²) in [6.07, 6.45) is 1.50. The number of halogens is 1. The summed E-state index contributed by atoms with van der Waals surface area (Å²) in [6.45, 7) is 0. The van der Waals surface area contributed by atoms with E-state index in [9.17, 15) is 13.2 Å².